The Morgan fingerprint density at radius 1 is 1.29 bits per heavy atom. The lowest BCUT2D eigenvalue weighted by molar-refractivity contribution is 0.00450. The first kappa shape index (κ1) is 12.4. The Morgan fingerprint density at radius 2 is 1.88 bits per heavy atom. The number of benzene rings is 1. The maximum absolute atomic E-state index is 11.4. The van der Waals surface area contributed by atoms with Gasteiger partial charge in [-0.05, 0) is 31.0 Å². The fourth-order valence-electron chi connectivity index (χ4n) is 2.27. The van der Waals surface area contributed by atoms with Crippen LogP contribution in [0.5, 0.6) is 5.75 Å². The van der Waals surface area contributed by atoms with E-state index in [1.54, 1.807) is 19.1 Å². The zero-order valence-electron chi connectivity index (χ0n) is 9.63. The number of hydrogen-bond donors (Lipinski definition) is 2. The molecule has 0 radical (unpaired) electrons. The Labute approximate surface area is 101 Å². The van der Waals surface area contributed by atoms with Crippen molar-refractivity contribution >= 4 is 9.84 Å². The van der Waals surface area contributed by atoms with Crippen molar-refractivity contribution in [3.8, 4) is 5.75 Å². The first-order valence-electron chi connectivity index (χ1n) is 5.53. The molecule has 1 heterocycles. The quantitative estimate of drug-likeness (QED) is 0.829. The number of phenols is 1. The summed E-state index contributed by atoms with van der Waals surface area (Å²) in [5.41, 5.74) is -0.533. The molecule has 2 rings (SSSR count). The number of aliphatic hydroxyl groups is 1. The van der Waals surface area contributed by atoms with Crippen LogP contribution in [0.1, 0.15) is 18.9 Å². The van der Waals surface area contributed by atoms with Crippen LogP contribution >= 0.6 is 0 Å². The molecule has 17 heavy (non-hydrogen) atoms. The van der Waals surface area contributed by atoms with Crippen LogP contribution in [0.4, 0.5) is 0 Å². The van der Waals surface area contributed by atoms with Crippen LogP contribution in [0, 0.1) is 5.92 Å². The van der Waals surface area contributed by atoms with E-state index in [1.165, 1.54) is 12.1 Å². The Balaban J connectivity index is 2.27. The summed E-state index contributed by atoms with van der Waals surface area (Å²) in [7, 11) is -3.00. The van der Waals surface area contributed by atoms with Gasteiger partial charge in [-0.3, -0.25) is 0 Å². The predicted octanol–water partition coefficient (Wildman–Crippen LogP) is 1.03. The summed E-state index contributed by atoms with van der Waals surface area (Å²) in [5, 5.41) is 19.7. The van der Waals surface area contributed by atoms with Gasteiger partial charge in [-0.25, -0.2) is 8.42 Å². The second-order valence-corrected chi connectivity index (χ2v) is 7.02. The molecule has 0 spiro atoms. The van der Waals surface area contributed by atoms with Gasteiger partial charge in [0, 0.05) is 5.92 Å². The van der Waals surface area contributed by atoms with Gasteiger partial charge < -0.3 is 10.2 Å². The van der Waals surface area contributed by atoms with E-state index in [-0.39, 0.29) is 23.2 Å². The Morgan fingerprint density at radius 3 is 2.35 bits per heavy atom. The molecule has 4 nitrogen and oxygen atoms in total. The van der Waals surface area contributed by atoms with Crippen molar-refractivity contribution in [3.05, 3.63) is 29.8 Å². The minimum absolute atomic E-state index is 0.0286. The lowest BCUT2D eigenvalue weighted by atomic mass is 9.82. The SMILES string of the molecule is CC(O)(c1ccc(O)cc1)C1CCS(=O)(=O)C1. The minimum Gasteiger partial charge on any atom is -0.508 e. The predicted molar refractivity (Wildman–Crippen MR) is 64.4 cm³/mol. The van der Waals surface area contributed by atoms with Crippen molar-refractivity contribution in [2.75, 3.05) is 11.5 Å². The van der Waals surface area contributed by atoms with Crippen LogP contribution in [-0.2, 0) is 15.4 Å². The molecule has 2 N–H and O–H groups in total. The summed E-state index contributed by atoms with van der Waals surface area (Å²) >= 11 is 0. The lowest BCUT2D eigenvalue weighted by Crippen LogP contribution is -2.32. The monoisotopic (exact) mass is 256 g/mol. The zero-order chi connectivity index (χ0) is 12.7. The Bertz CT molecular complexity index is 502. The summed E-state index contributed by atoms with van der Waals surface area (Å²) in [6.45, 7) is 1.63. The fraction of sp³-hybridized carbons (Fsp3) is 0.500. The van der Waals surface area contributed by atoms with Gasteiger partial charge in [0.15, 0.2) is 9.84 Å². The molecule has 94 valence electrons. The lowest BCUT2D eigenvalue weighted by Gasteiger charge is -2.29. The van der Waals surface area contributed by atoms with Crippen LogP contribution in [0.2, 0.25) is 0 Å². The molecule has 0 saturated carbocycles. The highest BCUT2D eigenvalue weighted by Crippen LogP contribution is 2.36. The van der Waals surface area contributed by atoms with Crippen molar-refractivity contribution < 1.29 is 18.6 Å². The van der Waals surface area contributed by atoms with Crippen molar-refractivity contribution in [1.82, 2.24) is 0 Å². The van der Waals surface area contributed by atoms with Crippen LogP contribution < -0.4 is 0 Å². The normalized spacial score (nSPS) is 26.6. The first-order valence-corrected chi connectivity index (χ1v) is 7.36. The fourth-order valence-corrected chi connectivity index (χ4v) is 4.19. The van der Waals surface area contributed by atoms with Gasteiger partial charge in [-0.1, -0.05) is 12.1 Å². The summed E-state index contributed by atoms with van der Waals surface area (Å²) in [6.07, 6.45) is 0.482. The number of aromatic hydroxyl groups is 1. The second kappa shape index (κ2) is 3.99. The number of phenolic OH excluding ortho intramolecular Hbond substituents is 1. The molecule has 0 aromatic heterocycles. The molecule has 5 heteroatoms. The Kier molecular flexibility index (Phi) is 2.91. The van der Waals surface area contributed by atoms with Gasteiger partial charge >= 0.3 is 0 Å². The van der Waals surface area contributed by atoms with Crippen molar-refractivity contribution in [2.45, 2.75) is 18.9 Å². The van der Waals surface area contributed by atoms with E-state index in [1.807, 2.05) is 0 Å². The molecule has 2 unspecified atom stereocenters. The highest BCUT2D eigenvalue weighted by Gasteiger charge is 2.41. The highest BCUT2D eigenvalue weighted by atomic mass is 32.2. The van der Waals surface area contributed by atoms with E-state index in [0.29, 0.717) is 12.0 Å². The van der Waals surface area contributed by atoms with Gasteiger partial charge in [-0.2, -0.15) is 0 Å². The molecule has 0 bridgehead atoms. The molecule has 1 aliphatic heterocycles. The molecule has 1 fully saturated rings. The van der Waals surface area contributed by atoms with Crippen LogP contribution in [-0.4, -0.2) is 30.1 Å². The topological polar surface area (TPSA) is 74.6 Å². The molecule has 1 saturated heterocycles. The van der Waals surface area contributed by atoms with E-state index in [0.717, 1.165) is 0 Å². The number of hydrogen-bond acceptors (Lipinski definition) is 4. The molecule has 1 aliphatic rings. The van der Waals surface area contributed by atoms with Gasteiger partial charge in [0.1, 0.15) is 5.75 Å². The van der Waals surface area contributed by atoms with Crippen molar-refractivity contribution in [3.63, 3.8) is 0 Å². The molecule has 0 aliphatic carbocycles. The third kappa shape index (κ3) is 2.45. The molecule has 1 aromatic rings. The molecule has 2 atom stereocenters. The Hall–Kier alpha value is -1.07. The highest BCUT2D eigenvalue weighted by molar-refractivity contribution is 7.91. The van der Waals surface area contributed by atoms with E-state index >= 15 is 0 Å². The summed E-state index contributed by atoms with van der Waals surface area (Å²) < 4.78 is 22.8. The smallest absolute Gasteiger partial charge is 0.150 e. The van der Waals surface area contributed by atoms with E-state index in [9.17, 15) is 18.6 Å². The molecular formula is C12H16O4S. The average molecular weight is 256 g/mol. The van der Waals surface area contributed by atoms with E-state index in [2.05, 4.69) is 0 Å². The molecule has 1 aromatic carbocycles. The molecule has 0 amide bonds. The number of sulfone groups is 1. The third-order valence-electron chi connectivity index (χ3n) is 3.48. The van der Waals surface area contributed by atoms with Crippen molar-refractivity contribution in [2.24, 2.45) is 5.92 Å². The first-order chi connectivity index (χ1) is 7.81. The maximum atomic E-state index is 11.4. The second-order valence-electron chi connectivity index (χ2n) is 4.79. The number of rotatable bonds is 2. The van der Waals surface area contributed by atoms with Crippen molar-refractivity contribution in [1.29, 1.82) is 0 Å². The summed E-state index contributed by atoms with van der Waals surface area (Å²) in [4.78, 5) is 0. The average Bonchev–Trinajstić information content (AvgIpc) is 2.60. The third-order valence-corrected chi connectivity index (χ3v) is 5.25. The molecular weight excluding hydrogens is 240 g/mol. The van der Waals surface area contributed by atoms with Crippen LogP contribution in [0.25, 0.3) is 0 Å². The van der Waals surface area contributed by atoms with Gasteiger partial charge in [0.25, 0.3) is 0 Å². The summed E-state index contributed by atoms with van der Waals surface area (Å²) in [6, 6.07) is 6.24. The van der Waals surface area contributed by atoms with Crippen LogP contribution in [0.3, 0.4) is 0 Å². The van der Waals surface area contributed by atoms with E-state index < -0.39 is 15.4 Å². The van der Waals surface area contributed by atoms with Gasteiger partial charge in [-0.15, -0.1) is 0 Å². The van der Waals surface area contributed by atoms with Gasteiger partial charge in [0.2, 0.25) is 0 Å². The standard InChI is InChI=1S/C12H16O4S/c1-12(14,9-2-4-11(13)5-3-9)10-6-7-17(15,16)8-10/h2-5,10,13-14H,6-8H2,1H3. The zero-order valence-corrected chi connectivity index (χ0v) is 10.4. The van der Waals surface area contributed by atoms with Crippen LogP contribution in [0.15, 0.2) is 24.3 Å². The van der Waals surface area contributed by atoms with Gasteiger partial charge in [0.05, 0.1) is 17.1 Å². The summed E-state index contributed by atoms with van der Waals surface area (Å²) in [5.74, 6) is 0.0212. The minimum atomic E-state index is -3.00. The largest absolute Gasteiger partial charge is 0.508 e. The van der Waals surface area contributed by atoms with E-state index in [4.69, 9.17) is 0 Å². The maximum Gasteiger partial charge on any atom is 0.150 e.